The number of allylic oxidation sites excluding steroid dienone is 2. The van der Waals surface area contributed by atoms with Crippen LogP contribution in [0.4, 0.5) is 0 Å². The van der Waals surface area contributed by atoms with Crippen LogP contribution in [0.25, 0.3) is 10.8 Å². The van der Waals surface area contributed by atoms with Crippen LogP contribution in [0.15, 0.2) is 47.3 Å². The molecule has 3 rings (SSSR count). The number of carbonyl (C=O) groups excluding carboxylic acids is 1. The summed E-state index contributed by atoms with van der Waals surface area (Å²) in [6.45, 7) is 2.77. The van der Waals surface area contributed by atoms with Gasteiger partial charge in [-0.15, -0.1) is 5.10 Å². The van der Waals surface area contributed by atoms with E-state index in [0.717, 1.165) is 35.2 Å². The Balaban J connectivity index is 1.71. The zero-order valence-electron chi connectivity index (χ0n) is 13.4. The molecule has 1 aliphatic carbocycles. The minimum absolute atomic E-state index is 0.153. The fourth-order valence-corrected chi connectivity index (χ4v) is 3.78. The van der Waals surface area contributed by atoms with Crippen molar-refractivity contribution in [2.45, 2.75) is 37.6 Å². The number of carbonyl (C=O) groups is 1. The van der Waals surface area contributed by atoms with E-state index in [2.05, 4.69) is 16.3 Å². The van der Waals surface area contributed by atoms with Crippen molar-refractivity contribution >= 4 is 28.4 Å². The summed E-state index contributed by atoms with van der Waals surface area (Å²) in [7, 11) is 0. The monoisotopic (exact) mass is 327 g/mol. The average Bonchev–Trinajstić information content (AvgIpc) is 2.61. The van der Waals surface area contributed by atoms with Crippen molar-refractivity contribution in [1.82, 2.24) is 15.1 Å². The number of thioether (sulfide) groups is 1. The van der Waals surface area contributed by atoms with Gasteiger partial charge in [-0.25, -0.2) is 0 Å². The first-order valence-electron chi connectivity index (χ1n) is 8.12. The van der Waals surface area contributed by atoms with E-state index < -0.39 is 0 Å². The minimum Gasteiger partial charge on any atom is -0.316 e. The summed E-state index contributed by atoms with van der Waals surface area (Å²) in [4.78, 5) is 14.5. The first-order valence-corrected chi connectivity index (χ1v) is 9.10. The van der Waals surface area contributed by atoms with Crippen molar-refractivity contribution in [2.75, 3.05) is 12.3 Å². The molecule has 0 unspecified atom stereocenters. The third-order valence-corrected chi connectivity index (χ3v) is 5.07. The second-order valence-corrected chi connectivity index (χ2v) is 6.57. The zero-order chi connectivity index (χ0) is 16.1. The smallest absolute Gasteiger partial charge is 0.237 e. The van der Waals surface area contributed by atoms with E-state index in [1.165, 1.54) is 30.3 Å². The molecule has 5 heteroatoms. The fourth-order valence-electron chi connectivity index (χ4n) is 2.92. The van der Waals surface area contributed by atoms with Crippen LogP contribution >= 0.6 is 11.8 Å². The Labute approximate surface area is 141 Å². The molecule has 2 aromatic rings. The maximum atomic E-state index is 12.6. The van der Waals surface area contributed by atoms with E-state index in [1.54, 1.807) is 6.20 Å². The molecular weight excluding hydrogens is 306 g/mol. The highest BCUT2D eigenvalue weighted by atomic mass is 32.2. The van der Waals surface area contributed by atoms with Crippen LogP contribution in [0.5, 0.6) is 0 Å². The standard InChI is InChI=1S/C18H21N3OS/c1-2-21(15-9-4-3-5-10-15)17(22)13-23-18-16-11-7-6-8-14(16)12-19-20-18/h6-9,11-12H,2-5,10,13H2,1H3. The summed E-state index contributed by atoms with van der Waals surface area (Å²) in [6.07, 6.45) is 8.48. The van der Waals surface area contributed by atoms with Crippen LogP contribution in [0, 0.1) is 0 Å². The third kappa shape index (κ3) is 3.72. The number of benzene rings is 1. The minimum atomic E-state index is 0.153. The zero-order valence-corrected chi connectivity index (χ0v) is 14.2. The lowest BCUT2D eigenvalue weighted by Gasteiger charge is -2.26. The number of fused-ring (bicyclic) bond motifs is 1. The van der Waals surface area contributed by atoms with Crippen molar-refractivity contribution in [3.8, 4) is 0 Å². The van der Waals surface area contributed by atoms with Gasteiger partial charge in [0.1, 0.15) is 5.03 Å². The summed E-state index contributed by atoms with van der Waals surface area (Å²) < 4.78 is 0. The number of rotatable bonds is 5. The van der Waals surface area contributed by atoms with Gasteiger partial charge in [0, 0.05) is 23.0 Å². The first kappa shape index (κ1) is 16.0. The topological polar surface area (TPSA) is 46.1 Å². The van der Waals surface area contributed by atoms with Gasteiger partial charge in [0.25, 0.3) is 0 Å². The van der Waals surface area contributed by atoms with Crippen molar-refractivity contribution in [3.63, 3.8) is 0 Å². The maximum Gasteiger partial charge on any atom is 0.237 e. The van der Waals surface area contributed by atoms with Crippen molar-refractivity contribution in [3.05, 3.63) is 42.2 Å². The quantitative estimate of drug-likeness (QED) is 0.778. The van der Waals surface area contributed by atoms with Crippen LogP contribution in [0.1, 0.15) is 32.6 Å². The molecule has 0 saturated heterocycles. The molecule has 1 amide bonds. The van der Waals surface area contributed by atoms with Crippen molar-refractivity contribution in [2.24, 2.45) is 0 Å². The van der Waals surface area contributed by atoms with E-state index in [0.29, 0.717) is 5.75 Å². The third-order valence-electron chi connectivity index (χ3n) is 4.10. The molecule has 0 atom stereocenters. The van der Waals surface area contributed by atoms with E-state index in [1.807, 2.05) is 36.1 Å². The number of aromatic nitrogens is 2. The van der Waals surface area contributed by atoms with Gasteiger partial charge < -0.3 is 4.90 Å². The Hall–Kier alpha value is -1.88. The van der Waals surface area contributed by atoms with Gasteiger partial charge in [0.2, 0.25) is 5.91 Å². The predicted octanol–water partition coefficient (Wildman–Crippen LogP) is 4.03. The highest BCUT2D eigenvalue weighted by Gasteiger charge is 2.18. The maximum absolute atomic E-state index is 12.6. The number of amides is 1. The van der Waals surface area contributed by atoms with Crippen LogP contribution in [-0.2, 0) is 4.79 Å². The molecule has 4 nitrogen and oxygen atoms in total. The van der Waals surface area contributed by atoms with Crippen molar-refractivity contribution < 1.29 is 4.79 Å². The number of hydrogen-bond acceptors (Lipinski definition) is 4. The number of hydrogen-bond donors (Lipinski definition) is 0. The molecular formula is C18H21N3OS. The molecule has 0 radical (unpaired) electrons. The summed E-state index contributed by atoms with van der Waals surface area (Å²) in [5.74, 6) is 0.550. The Morgan fingerprint density at radius 2 is 2.17 bits per heavy atom. The normalized spacial score (nSPS) is 14.6. The summed E-state index contributed by atoms with van der Waals surface area (Å²) >= 11 is 1.47. The Kier molecular flexibility index (Phi) is 5.28. The average molecular weight is 327 g/mol. The lowest BCUT2D eigenvalue weighted by molar-refractivity contribution is -0.126. The van der Waals surface area contributed by atoms with E-state index >= 15 is 0 Å². The van der Waals surface area contributed by atoms with Crippen molar-refractivity contribution in [1.29, 1.82) is 0 Å². The predicted molar refractivity (Wildman–Crippen MR) is 94.2 cm³/mol. The largest absolute Gasteiger partial charge is 0.316 e. The summed E-state index contributed by atoms with van der Waals surface area (Å²) in [5, 5.41) is 11.2. The van der Waals surface area contributed by atoms with Gasteiger partial charge in [-0.3, -0.25) is 4.79 Å². The molecule has 0 fully saturated rings. The Bertz CT molecular complexity index is 724. The van der Waals surface area contributed by atoms with Gasteiger partial charge in [-0.1, -0.05) is 42.1 Å². The van der Waals surface area contributed by atoms with Gasteiger partial charge in [-0.05, 0) is 32.6 Å². The number of nitrogens with zero attached hydrogens (tertiary/aromatic N) is 3. The van der Waals surface area contributed by atoms with Gasteiger partial charge >= 0.3 is 0 Å². The molecule has 1 aromatic heterocycles. The van der Waals surface area contributed by atoms with E-state index in [4.69, 9.17) is 0 Å². The van der Waals surface area contributed by atoms with Gasteiger partial charge in [0.15, 0.2) is 0 Å². The Morgan fingerprint density at radius 3 is 2.96 bits per heavy atom. The Morgan fingerprint density at radius 1 is 1.30 bits per heavy atom. The van der Waals surface area contributed by atoms with E-state index in [9.17, 15) is 4.79 Å². The molecule has 1 aliphatic rings. The molecule has 0 bridgehead atoms. The fraction of sp³-hybridized carbons (Fsp3) is 0.389. The van der Waals surface area contributed by atoms with Crippen LogP contribution in [0.3, 0.4) is 0 Å². The summed E-state index contributed by atoms with van der Waals surface area (Å²) in [5.41, 5.74) is 1.19. The molecule has 1 aromatic carbocycles. The van der Waals surface area contributed by atoms with Crippen LogP contribution in [-0.4, -0.2) is 33.3 Å². The second-order valence-electron chi connectivity index (χ2n) is 5.60. The molecule has 0 N–H and O–H groups in total. The van der Waals surface area contributed by atoms with Gasteiger partial charge in [-0.2, -0.15) is 5.10 Å². The molecule has 23 heavy (non-hydrogen) atoms. The van der Waals surface area contributed by atoms with Crippen LogP contribution < -0.4 is 0 Å². The molecule has 0 saturated carbocycles. The highest BCUT2D eigenvalue weighted by Crippen LogP contribution is 2.26. The SMILES string of the molecule is CCN(C(=O)CSc1nncc2ccccc12)C1=CCCCC1. The lowest BCUT2D eigenvalue weighted by atomic mass is 10.0. The first-order chi connectivity index (χ1) is 11.3. The molecule has 0 aliphatic heterocycles. The molecule has 0 spiro atoms. The highest BCUT2D eigenvalue weighted by molar-refractivity contribution is 8.00. The molecule has 1 heterocycles. The molecule has 120 valence electrons. The van der Waals surface area contributed by atoms with Crippen LogP contribution in [0.2, 0.25) is 0 Å². The van der Waals surface area contributed by atoms with E-state index in [-0.39, 0.29) is 5.91 Å². The second kappa shape index (κ2) is 7.59. The van der Waals surface area contributed by atoms with Gasteiger partial charge in [0.05, 0.1) is 11.9 Å². The summed E-state index contributed by atoms with van der Waals surface area (Å²) in [6, 6.07) is 8.01. The lowest BCUT2D eigenvalue weighted by Crippen LogP contribution is -2.32.